The van der Waals surface area contributed by atoms with Gasteiger partial charge >= 0.3 is 0 Å². The summed E-state index contributed by atoms with van der Waals surface area (Å²) < 4.78 is 5.77. The monoisotopic (exact) mass is 243 g/mol. The van der Waals surface area contributed by atoms with E-state index in [0.717, 1.165) is 4.47 Å². The van der Waals surface area contributed by atoms with E-state index in [1.54, 1.807) is 12.1 Å². The van der Waals surface area contributed by atoms with Crippen molar-refractivity contribution in [2.45, 2.75) is 6.92 Å². The average molecular weight is 244 g/mol. The molecule has 0 heterocycles. The second kappa shape index (κ2) is 3.79. The van der Waals surface area contributed by atoms with E-state index in [2.05, 4.69) is 15.9 Å². The fourth-order valence-corrected chi connectivity index (χ4v) is 1.38. The number of hydrogen-bond acceptors (Lipinski definition) is 3. The second-order valence-electron chi connectivity index (χ2n) is 2.60. The number of ether oxygens (including phenoxy) is 1. The molecule has 0 atom stereocenters. The Morgan fingerprint density at radius 1 is 1.54 bits per heavy atom. The number of rotatable bonds is 2. The number of nitrogens with two attached hydrogens (primary N) is 1. The Labute approximate surface area is 85.0 Å². The molecule has 0 aliphatic carbocycles. The summed E-state index contributed by atoms with van der Waals surface area (Å²) in [5, 5.41) is 0. The van der Waals surface area contributed by atoms with Crippen molar-refractivity contribution >= 4 is 27.4 Å². The van der Waals surface area contributed by atoms with Gasteiger partial charge < -0.3 is 10.5 Å². The smallest absolute Gasteiger partial charge is 0.163 e. The Bertz CT molecular complexity index is 350. The number of ketones is 1. The van der Waals surface area contributed by atoms with Gasteiger partial charge in [0, 0.05) is 4.47 Å². The molecular weight excluding hydrogens is 234 g/mol. The van der Waals surface area contributed by atoms with Crippen molar-refractivity contribution in [3.63, 3.8) is 0 Å². The van der Waals surface area contributed by atoms with Crippen molar-refractivity contribution < 1.29 is 9.53 Å². The van der Waals surface area contributed by atoms with Crippen molar-refractivity contribution in [1.82, 2.24) is 0 Å². The van der Waals surface area contributed by atoms with E-state index in [1.165, 1.54) is 14.0 Å². The van der Waals surface area contributed by atoms with Crippen LogP contribution >= 0.6 is 15.9 Å². The van der Waals surface area contributed by atoms with Crippen LogP contribution in [0.2, 0.25) is 0 Å². The number of nitrogen functional groups attached to an aromatic ring is 1. The Morgan fingerprint density at radius 2 is 2.15 bits per heavy atom. The molecular formula is C9H10BrNO2. The molecule has 0 aromatic heterocycles. The third-order valence-corrected chi connectivity index (χ3v) is 2.42. The van der Waals surface area contributed by atoms with Crippen LogP contribution in [-0.4, -0.2) is 12.9 Å². The molecule has 13 heavy (non-hydrogen) atoms. The molecule has 1 aromatic carbocycles. The zero-order valence-corrected chi connectivity index (χ0v) is 9.01. The molecule has 1 aromatic rings. The number of halogens is 1. The Balaban J connectivity index is 3.38. The van der Waals surface area contributed by atoms with Crippen LogP contribution in [0.5, 0.6) is 5.75 Å². The highest BCUT2D eigenvalue weighted by molar-refractivity contribution is 9.10. The van der Waals surface area contributed by atoms with Crippen molar-refractivity contribution in [3.8, 4) is 5.75 Å². The minimum atomic E-state index is -0.0592. The fraction of sp³-hybridized carbons (Fsp3) is 0.222. The Hall–Kier alpha value is -1.03. The van der Waals surface area contributed by atoms with E-state index in [9.17, 15) is 4.79 Å². The molecule has 0 saturated heterocycles. The predicted molar refractivity (Wildman–Crippen MR) is 55.1 cm³/mol. The molecule has 4 heteroatoms. The lowest BCUT2D eigenvalue weighted by Gasteiger charge is -2.09. The molecule has 0 fully saturated rings. The van der Waals surface area contributed by atoms with Gasteiger partial charge in [-0.15, -0.1) is 0 Å². The fourth-order valence-electron chi connectivity index (χ4n) is 1.07. The maximum Gasteiger partial charge on any atom is 0.163 e. The highest BCUT2D eigenvalue weighted by Gasteiger charge is 2.12. The van der Waals surface area contributed by atoms with Crippen molar-refractivity contribution in [2.24, 2.45) is 0 Å². The van der Waals surface area contributed by atoms with E-state index in [1.807, 2.05) is 0 Å². The van der Waals surface area contributed by atoms with Crippen LogP contribution in [0, 0.1) is 0 Å². The first-order valence-corrected chi connectivity index (χ1v) is 4.50. The number of carbonyl (C=O) groups is 1. The van der Waals surface area contributed by atoms with Gasteiger partial charge in [0.15, 0.2) is 11.5 Å². The van der Waals surface area contributed by atoms with Crippen LogP contribution < -0.4 is 10.5 Å². The lowest BCUT2D eigenvalue weighted by Crippen LogP contribution is -2.01. The van der Waals surface area contributed by atoms with E-state index in [-0.39, 0.29) is 5.78 Å². The predicted octanol–water partition coefficient (Wildman–Crippen LogP) is 2.24. The molecule has 1 rings (SSSR count). The highest BCUT2D eigenvalue weighted by atomic mass is 79.9. The summed E-state index contributed by atoms with van der Waals surface area (Å²) in [7, 11) is 1.49. The van der Waals surface area contributed by atoms with Gasteiger partial charge in [-0.25, -0.2) is 0 Å². The molecule has 0 saturated carbocycles. The topological polar surface area (TPSA) is 52.3 Å². The lowest BCUT2D eigenvalue weighted by molar-refractivity contribution is 0.101. The van der Waals surface area contributed by atoms with E-state index in [4.69, 9.17) is 10.5 Å². The van der Waals surface area contributed by atoms with Gasteiger partial charge in [-0.3, -0.25) is 4.79 Å². The second-order valence-corrected chi connectivity index (χ2v) is 3.45. The van der Waals surface area contributed by atoms with Gasteiger partial charge in [0.05, 0.1) is 18.4 Å². The Morgan fingerprint density at radius 3 is 2.62 bits per heavy atom. The molecule has 0 aliphatic heterocycles. The third kappa shape index (κ3) is 1.83. The van der Waals surface area contributed by atoms with Gasteiger partial charge in [0.25, 0.3) is 0 Å². The number of hydrogen-bond donors (Lipinski definition) is 1. The quantitative estimate of drug-likeness (QED) is 0.641. The van der Waals surface area contributed by atoms with Crippen LogP contribution in [0.25, 0.3) is 0 Å². The normalized spacial score (nSPS) is 9.77. The third-order valence-electron chi connectivity index (χ3n) is 1.73. The molecule has 0 spiro atoms. The SMILES string of the molecule is COc1c(C(C)=O)ccc(Br)c1N. The van der Waals surface area contributed by atoms with E-state index in [0.29, 0.717) is 17.0 Å². The molecule has 3 nitrogen and oxygen atoms in total. The van der Waals surface area contributed by atoms with Gasteiger partial charge in [-0.1, -0.05) is 0 Å². The van der Waals surface area contributed by atoms with Crippen molar-refractivity contribution in [1.29, 1.82) is 0 Å². The van der Waals surface area contributed by atoms with Crippen LogP contribution in [0.4, 0.5) is 5.69 Å². The van der Waals surface area contributed by atoms with Crippen LogP contribution in [0.1, 0.15) is 17.3 Å². The minimum Gasteiger partial charge on any atom is -0.494 e. The molecule has 0 unspecified atom stereocenters. The number of methoxy groups -OCH3 is 1. The average Bonchev–Trinajstić information content (AvgIpc) is 2.09. The summed E-state index contributed by atoms with van der Waals surface area (Å²) in [5.74, 6) is 0.373. The van der Waals surface area contributed by atoms with Gasteiger partial charge in [0.1, 0.15) is 0 Å². The highest BCUT2D eigenvalue weighted by Crippen LogP contribution is 2.33. The molecule has 0 bridgehead atoms. The summed E-state index contributed by atoms with van der Waals surface area (Å²) >= 11 is 3.25. The summed E-state index contributed by atoms with van der Waals surface area (Å²) in [5.41, 5.74) is 6.66. The first kappa shape index (κ1) is 10.1. The van der Waals surface area contributed by atoms with Crippen LogP contribution in [-0.2, 0) is 0 Å². The maximum atomic E-state index is 11.1. The zero-order valence-electron chi connectivity index (χ0n) is 7.43. The first-order chi connectivity index (χ1) is 6.07. The van der Waals surface area contributed by atoms with E-state index < -0.39 is 0 Å². The molecule has 2 N–H and O–H groups in total. The molecule has 70 valence electrons. The van der Waals surface area contributed by atoms with Gasteiger partial charge in [-0.05, 0) is 35.0 Å². The van der Waals surface area contributed by atoms with Gasteiger partial charge in [-0.2, -0.15) is 0 Å². The van der Waals surface area contributed by atoms with Crippen LogP contribution in [0.3, 0.4) is 0 Å². The number of Topliss-reactive ketones (excluding diaryl/α,β-unsaturated/α-hetero) is 1. The molecule has 0 radical (unpaired) electrons. The number of benzene rings is 1. The van der Waals surface area contributed by atoms with Crippen LogP contribution in [0.15, 0.2) is 16.6 Å². The summed E-state index contributed by atoms with van der Waals surface area (Å²) in [6, 6.07) is 3.41. The standard InChI is InChI=1S/C9H10BrNO2/c1-5(12)6-3-4-7(10)8(11)9(6)13-2/h3-4H,11H2,1-2H3. The molecule has 0 aliphatic rings. The van der Waals surface area contributed by atoms with Crippen molar-refractivity contribution in [2.75, 3.05) is 12.8 Å². The first-order valence-electron chi connectivity index (χ1n) is 3.70. The zero-order chi connectivity index (χ0) is 10.0. The number of anilines is 1. The van der Waals surface area contributed by atoms with E-state index >= 15 is 0 Å². The van der Waals surface area contributed by atoms with Gasteiger partial charge in [0.2, 0.25) is 0 Å². The Kier molecular flexibility index (Phi) is 2.93. The largest absolute Gasteiger partial charge is 0.494 e. The van der Waals surface area contributed by atoms with Crippen molar-refractivity contribution in [3.05, 3.63) is 22.2 Å². The maximum absolute atomic E-state index is 11.1. The lowest BCUT2D eigenvalue weighted by atomic mass is 10.1. The summed E-state index contributed by atoms with van der Waals surface area (Å²) in [6.45, 7) is 1.48. The minimum absolute atomic E-state index is 0.0592. The number of carbonyl (C=O) groups excluding carboxylic acids is 1. The summed E-state index contributed by atoms with van der Waals surface area (Å²) in [4.78, 5) is 11.1. The molecule has 0 amide bonds. The summed E-state index contributed by atoms with van der Waals surface area (Å²) in [6.07, 6.45) is 0.